The number of aromatic nitrogens is 3. The SMILES string of the molecule is C[C@H](O[C@H]1CCCCO1)c1nccn1Cc1cc(-c2ccc(C#CC3CC(N(CCC#N)C(=O)OC(C)(C)C)C3)cc2)on1. The van der Waals surface area contributed by atoms with Crippen LogP contribution in [-0.4, -0.2) is 56.8 Å². The molecule has 44 heavy (non-hydrogen) atoms. The summed E-state index contributed by atoms with van der Waals surface area (Å²) in [6.07, 6.45) is 7.86. The number of nitrogens with zero attached hydrogens (tertiary/aromatic N) is 5. The molecule has 1 aromatic carbocycles. The van der Waals surface area contributed by atoms with Crippen LogP contribution in [0.2, 0.25) is 0 Å². The summed E-state index contributed by atoms with van der Waals surface area (Å²) in [5.41, 5.74) is 2.04. The van der Waals surface area contributed by atoms with Gasteiger partial charge in [0.05, 0.1) is 19.0 Å². The van der Waals surface area contributed by atoms with Gasteiger partial charge in [-0.15, -0.1) is 0 Å². The third kappa shape index (κ3) is 8.28. The van der Waals surface area contributed by atoms with E-state index in [9.17, 15) is 4.79 Å². The summed E-state index contributed by atoms with van der Waals surface area (Å²) in [6, 6.07) is 12.0. The lowest BCUT2D eigenvalue weighted by Crippen LogP contribution is -2.49. The summed E-state index contributed by atoms with van der Waals surface area (Å²) in [5, 5.41) is 13.3. The van der Waals surface area contributed by atoms with Crippen molar-refractivity contribution in [2.45, 2.75) is 96.8 Å². The number of carbonyl (C=O) groups is 1. The molecule has 2 atom stereocenters. The monoisotopic (exact) mass is 599 g/mol. The first kappa shape index (κ1) is 31.3. The number of nitriles is 1. The number of hydrogen-bond donors (Lipinski definition) is 0. The second-order valence-electron chi connectivity index (χ2n) is 12.4. The Morgan fingerprint density at radius 3 is 2.73 bits per heavy atom. The van der Waals surface area contributed by atoms with E-state index in [1.165, 1.54) is 0 Å². The van der Waals surface area contributed by atoms with Gasteiger partial charge in [0.2, 0.25) is 0 Å². The molecule has 2 aliphatic rings. The molecule has 1 saturated heterocycles. The molecule has 0 bridgehead atoms. The van der Waals surface area contributed by atoms with E-state index in [1.807, 2.05) is 68.8 Å². The number of amides is 1. The number of carbonyl (C=O) groups excluding carboxylic acids is 1. The van der Waals surface area contributed by atoms with Crippen molar-refractivity contribution in [3.8, 4) is 29.2 Å². The number of hydrogen-bond acceptors (Lipinski definition) is 8. The molecule has 1 saturated carbocycles. The van der Waals surface area contributed by atoms with Gasteiger partial charge in [-0.3, -0.25) is 0 Å². The number of imidazole rings is 1. The molecule has 5 rings (SSSR count). The average Bonchev–Trinajstić information content (AvgIpc) is 3.64. The van der Waals surface area contributed by atoms with Crippen molar-refractivity contribution in [1.29, 1.82) is 5.26 Å². The molecular formula is C34H41N5O5. The van der Waals surface area contributed by atoms with Gasteiger partial charge < -0.3 is 28.2 Å². The van der Waals surface area contributed by atoms with Crippen molar-refractivity contribution in [2.75, 3.05) is 13.2 Å². The Balaban J connectivity index is 1.14. The smallest absolute Gasteiger partial charge is 0.410 e. The third-order valence-electron chi connectivity index (χ3n) is 7.73. The number of rotatable bonds is 9. The average molecular weight is 600 g/mol. The first-order valence-electron chi connectivity index (χ1n) is 15.4. The fourth-order valence-electron chi connectivity index (χ4n) is 5.39. The fraction of sp³-hybridized carbons (Fsp3) is 0.529. The molecule has 10 nitrogen and oxygen atoms in total. The predicted octanol–water partition coefficient (Wildman–Crippen LogP) is 6.47. The molecule has 2 aromatic heterocycles. The van der Waals surface area contributed by atoms with Gasteiger partial charge in [0.25, 0.3) is 0 Å². The van der Waals surface area contributed by atoms with Gasteiger partial charge in [-0.05, 0) is 84.1 Å². The highest BCUT2D eigenvalue weighted by molar-refractivity contribution is 5.69. The van der Waals surface area contributed by atoms with Gasteiger partial charge in [-0.2, -0.15) is 5.26 Å². The summed E-state index contributed by atoms with van der Waals surface area (Å²) < 4.78 is 25.1. The molecule has 3 heterocycles. The Morgan fingerprint density at radius 2 is 2.02 bits per heavy atom. The number of benzene rings is 1. The van der Waals surface area contributed by atoms with Crippen LogP contribution in [0.4, 0.5) is 4.79 Å². The van der Waals surface area contributed by atoms with E-state index < -0.39 is 5.60 Å². The maximum Gasteiger partial charge on any atom is 0.410 e. The van der Waals surface area contributed by atoms with E-state index in [0.29, 0.717) is 18.8 Å². The van der Waals surface area contributed by atoms with Crippen molar-refractivity contribution in [3.05, 3.63) is 59.8 Å². The van der Waals surface area contributed by atoms with Gasteiger partial charge >= 0.3 is 6.09 Å². The quantitative estimate of drug-likeness (QED) is 0.257. The highest BCUT2D eigenvalue weighted by atomic mass is 16.7. The van der Waals surface area contributed by atoms with Crippen LogP contribution in [0, 0.1) is 29.1 Å². The highest BCUT2D eigenvalue weighted by Gasteiger charge is 2.37. The minimum Gasteiger partial charge on any atom is -0.444 e. The molecule has 0 N–H and O–H groups in total. The van der Waals surface area contributed by atoms with Crippen LogP contribution in [0.15, 0.2) is 47.2 Å². The Bertz CT molecular complexity index is 1490. The second-order valence-corrected chi connectivity index (χ2v) is 12.4. The number of ether oxygens (including phenoxy) is 3. The topological polar surface area (TPSA) is 116 Å². The lowest BCUT2D eigenvalue weighted by molar-refractivity contribution is -0.188. The summed E-state index contributed by atoms with van der Waals surface area (Å²) in [5.74, 6) is 8.30. The Hall–Kier alpha value is -4.12. The zero-order valence-electron chi connectivity index (χ0n) is 26.0. The van der Waals surface area contributed by atoms with Crippen LogP contribution < -0.4 is 0 Å². The van der Waals surface area contributed by atoms with Crippen LogP contribution in [-0.2, 0) is 20.8 Å². The first-order valence-corrected chi connectivity index (χ1v) is 15.4. The van der Waals surface area contributed by atoms with Crippen LogP contribution in [0.5, 0.6) is 0 Å². The molecule has 2 fully saturated rings. The molecule has 1 amide bonds. The summed E-state index contributed by atoms with van der Waals surface area (Å²) in [7, 11) is 0. The van der Waals surface area contributed by atoms with Crippen molar-refractivity contribution < 1.29 is 23.5 Å². The third-order valence-corrected chi connectivity index (χ3v) is 7.73. The summed E-state index contributed by atoms with van der Waals surface area (Å²) >= 11 is 0. The van der Waals surface area contributed by atoms with Crippen LogP contribution in [0.3, 0.4) is 0 Å². The lowest BCUT2D eigenvalue weighted by atomic mass is 9.79. The van der Waals surface area contributed by atoms with E-state index in [4.69, 9.17) is 24.0 Å². The van der Waals surface area contributed by atoms with E-state index in [1.54, 1.807) is 11.1 Å². The minimum absolute atomic E-state index is 0.0422. The molecule has 3 aromatic rings. The van der Waals surface area contributed by atoms with Crippen molar-refractivity contribution in [1.82, 2.24) is 19.6 Å². The summed E-state index contributed by atoms with van der Waals surface area (Å²) in [4.78, 5) is 18.9. The van der Waals surface area contributed by atoms with Crippen LogP contribution in [0.1, 0.15) is 89.4 Å². The maximum atomic E-state index is 12.7. The van der Waals surface area contributed by atoms with Crippen molar-refractivity contribution >= 4 is 6.09 Å². The second kappa shape index (κ2) is 14.1. The standard InChI is InChI=1S/C34H41N5O5/c1-24(42-31-8-5-6-19-41-31)32-36-16-18-38(32)23-28-22-30(44-37-28)27-13-11-25(12-14-27)9-10-26-20-29(21-26)39(17-7-15-35)33(40)43-34(2,3)4/h11-14,16,18,22,24,26,29,31H,5-8,17,19-21,23H2,1-4H3/t24-,26?,29?,31-/m0/s1. The zero-order valence-corrected chi connectivity index (χ0v) is 26.0. The molecule has 0 unspecified atom stereocenters. The van der Waals surface area contributed by atoms with Crippen LogP contribution >= 0.6 is 0 Å². The van der Waals surface area contributed by atoms with E-state index in [-0.39, 0.29) is 36.9 Å². The van der Waals surface area contributed by atoms with Crippen LogP contribution in [0.25, 0.3) is 11.3 Å². The molecule has 10 heteroatoms. The van der Waals surface area contributed by atoms with Gasteiger partial charge in [0.1, 0.15) is 23.2 Å². The Morgan fingerprint density at radius 1 is 1.23 bits per heavy atom. The Kier molecular flexibility index (Phi) is 10.0. The molecule has 0 radical (unpaired) electrons. The fourth-order valence-corrected chi connectivity index (χ4v) is 5.39. The largest absolute Gasteiger partial charge is 0.444 e. The maximum absolute atomic E-state index is 12.7. The molecular weight excluding hydrogens is 558 g/mol. The molecule has 1 aliphatic carbocycles. The van der Waals surface area contributed by atoms with E-state index >= 15 is 0 Å². The molecule has 1 aliphatic heterocycles. The molecule has 232 valence electrons. The minimum atomic E-state index is -0.577. The van der Waals surface area contributed by atoms with Gasteiger partial charge in [0, 0.05) is 54.7 Å². The van der Waals surface area contributed by atoms with Crippen molar-refractivity contribution in [2.24, 2.45) is 5.92 Å². The van der Waals surface area contributed by atoms with E-state index in [2.05, 4.69) is 28.1 Å². The normalized spacial score (nSPS) is 20.5. The zero-order chi connectivity index (χ0) is 31.1. The highest BCUT2D eigenvalue weighted by Crippen LogP contribution is 2.33. The molecule has 0 spiro atoms. The van der Waals surface area contributed by atoms with Crippen molar-refractivity contribution in [3.63, 3.8) is 0 Å². The summed E-state index contributed by atoms with van der Waals surface area (Å²) in [6.45, 7) is 9.16. The van der Waals surface area contributed by atoms with E-state index in [0.717, 1.165) is 61.4 Å². The van der Waals surface area contributed by atoms with Gasteiger partial charge in [-0.25, -0.2) is 9.78 Å². The predicted molar refractivity (Wildman–Crippen MR) is 163 cm³/mol. The Labute approximate surface area is 259 Å². The van der Waals surface area contributed by atoms with Gasteiger partial charge in [0.15, 0.2) is 12.1 Å². The lowest BCUT2D eigenvalue weighted by Gasteiger charge is -2.41. The van der Waals surface area contributed by atoms with Gasteiger partial charge in [-0.1, -0.05) is 17.0 Å². The first-order chi connectivity index (χ1) is 21.2.